The molecule has 0 amide bonds. The molecule has 1 heterocycles. The summed E-state index contributed by atoms with van der Waals surface area (Å²) in [6, 6.07) is 7.85. The number of ether oxygens (including phenoxy) is 1. The fourth-order valence-electron chi connectivity index (χ4n) is 1.39. The highest BCUT2D eigenvalue weighted by Crippen LogP contribution is 2.16. The minimum atomic E-state index is -0.0111. The zero-order valence-corrected chi connectivity index (χ0v) is 10.6. The second kappa shape index (κ2) is 5.10. The molecule has 0 saturated carbocycles. The van der Waals surface area contributed by atoms with E-state index in [0.29, 0.717) is 12.3 Å². The van der Waals surface area contributed by atoms with Crippen molar-refractivity contribution in [3.63, 3.8) is 0 Å². The lowest BCUT2D eigenvalue weighted by Crippen LogP contribution is -1.97. The van der Waals surface area contributed by atoms with Crippen LogP contribution in [0.2, 0.25) is 0 Å². The summed E-state index contributed by atoms with van der Waals surface area (Å²) >= 11 is 1.44. The number of aromatic nitrogens is 1. The smallest absolute Gasteiger partial charge is 0.178 e. The number of rotatable bonds is 4. The number of hydrogen-bond acceptors (Lipinski definition) is 4. The zero-order valence-electron chi connectivity index (χ0n) is 9.77. The van der Waals surface area contributed by atoms with Crippen molar-refractivity contribution in [2.75, 3.05) is 0 Å². The molecule has 1 aromatic heterocycles. The first-order chi connectivity index (χ1) is 8.15. The number of nitrogens with zero attached hydrogens (tertiary/aromatic N) is 1. The largest absolute Gasteiger partial charge is 0.486 e. The lowest BCUT2D eigenvalue weighted by molar-refractivity contribution is 0.101. The van der Waals surface area contributed by atoms with Crippen molar-refractivity contribution >= 4 is 17.1 Å². The topological polar surface area (TPSA) is 39.2 Å². The molecule has 0 fully saturated rings. The van der Waals surface area contributed by atoms with Crippen molar-refractivity contribution in [3.05, 3.63) is 45.9 Å². The van der Waals surface area contributed by atoms with Gasteiger partial charge < -0.3 is 4.74 Å². The van der Waals surface area contributed by atoms with E-state index in [9.17, 15) is 4.79 Å². The Morgan fingerprint density at radius 1 is 1.47 bits per heavy atom. The molecule has 0 aliphatic carbocycles. The number of carbonyl (C=O) groups is 1. The maximum Gasteiger partial charge on any atom is 0.178 e. The molecular weight excluding hydrogens is 234 g/mol. The van der Waals surface area contributed by atoms with E-state index in [4.69, 9.17) is 4.74 Å². The van der Waals surface area contributed by atoms with Crippen molar-refractivity contribution in [1.82, 2.24) is 4.98 Å². The fourth-order valence-corrected chi connectivity index (χ4v) is 2.13. The Balaban J connectivity index is 2.00. The molecule has 0 N–H and O–H groups in total. The maximum atomic E-state index is 11.1. The number of benzene rings is 1. The SMILES string of the molecule is CC(=O)c1csc(COc2cccc(C)c2)n1. The van der Waals surface area contributed by atoms with Crippen molar-refractivity contribution in [1.29, 1.82) is 0 Å². The van der Waals surface area contributed by atoms with Crippen LogP contribution >= 0.6 is 11.3 Å². The van der Waals surface area contributed by atoms with Gasteiger partial charge in [0, 0.05) is 12.3 Å². The molecule has 17 heavy (non-hydrogen) atoms. The summed E-state index contributed by atoms with van der Waals surface area (Å²) in [5.74, 6) is 0.813. The maximum absolute atomic E-state index is 11.1. The van der Waals surface area contributed by atoms with E-state index in [1.807, 2.05) is 31.2 Å². The van der Waals surface area contributed by atoms with Gasteiger partial charge in [-0.05, 0) is 24.6 Å². The normalized spacial score (nSPS) is 10.2. The van der Waals surface area contributed by atoms with Crippen LogP contribution in [-0.2, 0) is 6.61 Å². The van der Waals surface area contributed by atoms with Gasteiger partial charge in [-0.25, -0.2) is 4.98 Å². The van der Waals surface area contributed by atoms with Crippen LogP contribution in [0.1, 0.15) is 28.0 Å². The monoisotopic (exact) mass is 247 g/mol. The average Bonchev–Trinajstić information content (AvgIpc) is 2.75. The Hall–Kier alpha value is -1.68. The van der Waals surface area contributed by atoms with Gasteiger partial charge in [-0.3, -0.25) is 4.79 Å². The summed E-state index contributed by atoms with van der Waals surface area (Å²) in [6.07, 6.45) is 0. The summed E-state index contributed by atoms with van der Waals surface area (Å²) < 4.78 is 5.60. The van der Waals surface area contributed by atoms with Crippen molar-refractivity contribution in [2.45, 2.75) is 20.5 Å². The number of thiazole rings is 1. The number of ketones is 1. The van der Waals surface area contributed by atoms with Crippen LogP contribution in [0.3, 0.4) is 0 Å². The molecule has 2 aromatic rings. The molecular formula is C13H13NO2S. The van der Waals surface area contributed by atoms with Gasteiger partial charge in [0.1, 0.15) is 23.1 Å². The van der Waals surface area contributed by atoms with E-state index in [-0.39, 0.29) is 5.78 Å². The van der Waals surface area contributed by atoms with Crippen LogP contribution < -0.4 is 4.74 Å². The van der Waals surface area contributed by atoms with Crippen LogP contribution in [0.25, 0.3) is 0 Å². The predicted octanol–water partition coefficient (Wildman–Crippen LogP) is 3.23. The molecule has 0 bridgehead atoms. The fraction of sp³-hybridized carbons (Fsp3) is 0.231. The Morgan fingerprint density at radius 3 is 2.94 bits per heavy atom. The standard InChI is InChI=1S/C13H13NO2S/c1-9-4-3-5-11(6-9)16-7-13-14-12(8-17-13)10(2)15/h3-6,8H,7H2,1-2H3. The van der Waals surface area contributed by atoms with Crippen LogP contribution in [0.5, 0.6) is 5.75 Å². The van der Waals surface area contributed by atoms with E-state index >= 15 is 0 Å². The van der Waals surface area contributed by atoms with Gasteiger partial charge in [0.2, 0.25) is 0 Å². The van der Waals surface area contributed by atoms with Crippen LogP contribution in [0, 0.1) is 6.92 Å². The molecule has 0 aliphatic rings. The van der Waals surface area contributed by atoms with E-state index in [1.54, 1.807) is 5.38 Å². The predicted molar refractivity (Wildman–Crippen MR) is 67.6 cm³/mol. The van der Waals surface area contributed by atoms with Crippen LogP contribution in [0.15, 0.2) is 29.6 Å². The second-order valence-electron chi connectivity index (χ2n) is 3.79. The first-order valence-corrected chi connectivity index (χ1v) is 6.18. The third kappa shape index (κ3) is 3.14. The van der Waals surface area contributed by atoms with E-state index in [1.165, 1.54) is 18.3 Å². The highest BCUT2D eigenvalue weighted by Gasteiger charge is 2.06. The van der Waals surface area contributed by atoms with Gasteiger partial charge in [-0.15, -0.1) is 11.3 Å². The molecule has 0 aliphatic heterocycles. The van der Waals surface area contributed by atoms with Crippen LogP contribution in [-0.4, -0.2) is 10.8 Å². The number of carbonyl (C=O) groups excluding carboxylic acids is 1. The number of aryl methyl sites for hydroxylation is 1. The van der Waals surface area contributed by atoms with Gasteiger partial charge in [0.15, 0.2) is 5.78 Å². The third-order valence-corrected chi connectivity index (χ3v) is 3.09. The first kappa shape index (κ1) is 11.8. The van der Waals surface area contributed by atoms with E-state index < -0.39 is 0 Å². The van der Waals surface area contributed by atoms with Gasteiger partial charge >= 0.3 is 0 Å². The highest BCUT2D eigenvalue weighted by atomic mass is 32.1. The Morgan fingerprint density at radius 2 is 2.29 bits per heavy atom. The molecule has 3 nitrogen and oxygen atoms in total. The Labute approximate surface area is 104 Å². The van der Waals surface area contributed by atoms with Crippen molar-refractivity contribution in [3.8, 4) is 5.75 Å². The summed E-state index contributed by atoms with van der Waals surface area (Å²) in [5.41, 5.74) is 1.67. The molecule has 0 unspecified atom stereocenters. The second-order valence-corrected chi connectivity index (χ2v) is 4.73. The van der Waals surface area contributed by atoms with Crippen molar-refractivity contribution < 1.29 is 9.53 Å². The quantitative estimate of drug-likeness (QED) is 0.779. The van der Waals surface area contributed by atoms with E-state index in [2.05, 4.69) is 4.98 Å². The summed E-state index contributed by atoms with van der Waals surface area (Å²) in [5, 5.41) is 2.58. The van der Waals surface area contributed by atoms with Crippen molar-refractivity contribution in [2.24, 2.45) is 0 Å². The molecule has 0 atom stereocenters. The van der Waals surface area contributed by atoms with Crippen LogP contribution in [0.4, 0.5) is 0 Å². The Kier molecular flexibility index (Phi) is 3.54. The molecule has 4 heteroatoms. The van der Waals surface area contributed by atoms with Gasteiger partial charge in [0.05, 0.1) is 0 Å². The molecule has 0 saturated heterocycles. The molecule has 1 aromatic carbocycles. The molecule has 0 radical (unpaired) electrons. The lowest BCUT2D eigenvalue weighted by Gasteiger charge is -2.04. The third-order valence-electron chi connectivity index (χ3n) is 2.26. The summed E-state index contributed by atoms with van der Waals surface area (Å²) in [4.78, 5) is 15.3. The molecule has 88 valence electrons. The summed E-state index contributed by atoms with van der Waals surface area (Å²) in [6.45, 7) is 3.94. The molecule has 2 rings (SSSR count). The minimum absolute atomic E-state index is 0.0111. The first-order valence-electron chi connectivity index (χ1n) is 5.30. The van der Waals surface area contributed by atoms with E-state index in [0.717, 1.165) is 16.3 Å². The Bertz CT molecular complexity index is 534. The number of hydrogen-bond donors (Lipinski definition) is 0. The molecule has 0 spiro atoms. The van der Waals surface area contributed by atoms with Gasteiger partial charge in [0.25, 0.3) is 0 Å². The van der Waals surface area contributed by atoms with Gasteiger partial charge in [-0.2, -0.15) is 0 Å². The number of Topliss-reactive ketones (excluding diaryl/α,β-unsaturated/α-hetero) is 1. The minimum Gasteiger partial charge on any atom is -0.486 e. The van der Waals surface area contributed by atoms with Gasteiger partial charge in [-0.1, -0.05) is 12.1 Å². The average molecular weight is 247 g/mol. The highest BCUT2D eigenvalue weighted by molar-refractivity contribution is 7.09. The summed E-state index contributed by atoms with van der Waals surface area (Å²) in [7, 11) is 0. The lowest BCUT2D eigenvalue weighted by atomic mass is 10.2. The zero-order chi connectivity index (χ0) is 12.3.